The third-order valence-corrected chi connectivity index (χ3v) is 4.30. The Labute approximate surface area is 109 Å². The maximum absolute atomic E-state index is 12.0. The van der Waals surface area contributed by atoms with Gasteiger partial charge in [0, 0.05) is 18.1 Å². The molecule has 0 spiro atoms. The molecule has 98 valence electrons. The van der Waals surface area contributed by atoms with Crippen LogP contribution in [0.25, 0.3) is 0 Å². The summed E-state index contributed by atoms with van der Waals surface area (Å²) >= 11 is 1.43. The molecule has 2 aromatic heterocycles. The van der Waals surface area contributed by atoms with E-state index in [1.165, 1.54) is 23.7 Å². The van der Waals surface area contributed by atoms with Gasteiger partial charge in [0.2, 0.25) is 0 Å². The maximum Gasteiger partial charge on any atom is 0.265 e. The minimum Gasteiger partial charge on any atom is -0.330 e. The van der Waals surface area contributed by atoms with Crippen molar-refractivity contribution < 1.29 is 8.42 Å². The van der Waals surface area contributed by atoms with Gasteiger partial charge in [-0.25, -0.2) is 8.42 Å². The first-order valence-corrected chi connectivity index (χ1v) is 7.82. The lowest BCUT2D eigenvalue weighted by Gasteiger charge is -2.03. The number of nitrogens with one attached hydrogen (secondary N) is 1. The van der Waals surface area contributed by atoms with Crippen molar-refractivity contribution in [3.05, 3.63) is 29.2 Å². The third-order valence-electron chi connectivity index (χ3n) is 2.28. The second kappa shape index (κ2) is 5.51. The fraction of sp³-hybridized carbons (Fsp3) is 0.300. The Kier molecular flexibility index (Phi) is 4.00. The average Bonchev–Trinajstić information content (AvgIpc) is 2.96. The predicted molar refractivity (Wildman–Crippen MR) is 71.0 cm³/mol. The molecule has 2 heterocycles. The van der Waals surface area contributed by atoms with E-state index in [4.69, 9.17) is 5.73 Å². The standard InChI is InChI=1S/C10H14N4O2S2/c11-3-1-4-14-7-10(6-12-14)18(15,16)13-9-2-5-17-8-9/h2,5-8,13H,1,3-4,11H2. The molecule has 8 heteroatoms. The summed E-state index contributed by atoms with van der Waals surface area (Å²) in [4.78, 5) is 0.158. The fourth-order valence-corrected chi connectivity index (χ4v) is 3.06. The van der Waals surface area contributed by atoms with Crippen molar-refractivity contribution in [1.82, 2.24) is 9.78 Å². The van der Waals surface area contributed by atoms with E-state index in [1.807, 2.05) is 5.38 Å². The lowest BCUT2D eigenvalue weighted by Crippen LogP contribution is -2.11. The van der Waals surface area contributed by atoms with Gasteiger partial charge in [-0.05, 0) is 24.4 Å². The van der Waals surface area contributed by atoms with E-state index >= 15 is 0 Å². The Bertz CT molecular complexity index is 589. The first-order chi connectivity index (χ1) is 8.62. The van der Waals surface area contributed by atoms with Crippen molar-refractivity contribution in [2.75, 3.05) is 11.3 Å². The number of anilines is 1. The maximum atomic E-state index is 12.0. The number of thiophene rings is 1. The van der Waals surface area contributed by atoms with Gasteiger partial charge in [0.1, 0.15) is 4.90 Å². The Morgan fingerprint density at radius 3 is 3.00 bits per heavy atom. The Morgan fingerprint density at radius 1 is 1.50 bits per heavy atom. The minimum absolute atomic E-state index is 0.158. The van der Waals surface area contributed by atoms with Crippen LogP contribution < -0.4 is 10.5 Å². The topological polar surface area (TPSA) is 90.0 Å². The first-order valence-electron chi connectivity index (χ1n) is 5.39. The molecular weight excluding hydrogens is 272 g/mol. The summed E-state index contributed by atoms with van der Waals surface area (Å²) < 4.78 is 28.1. The van der Waals surface area contributed by atoms with Gasteiger partial charge in [0.25, 0.3) is 10.0 Å². The highest BCUT2D eigenvalue weighted by Crippen LogP contribution is 2.17. The molecule has 0 radical (unpaired) electrons. The molecule has 0 aliphatic heterocycles. The molecule has 3 N–H and O–H groups in total. The molecule has 0 saturated heterocycles. The van der Waals surface area contributed by atoms with Gasteiger partial charge in [-0.3, -0.25) is 9.40 Å². The smallest absolute Gasteiger partial charge is 0.265 e. The van der Waals surface area contributed by atoms with Crippen LogP contribution in [0.3, 0.4) is 0 Å². The fourth-order valence-electron chi connectivity index (χ4n) is 1.40. The molecule has 2 aromatic rings. The number of hydrogen-bond acceptors (Lipinski definition) is 5. The third kappa shape index (κ3) is 3.09. The summed E-state index contributed by atoms with van der Waals surface area (Å²) in [5, 5.41) is 7.53. The molecule has 18 heavy (non-hydrogen) atoms. The van der Waals surface area contributed by atoms with Gasteiger partial charge < -0.3 is 5.73 Å². The first kappa shape index (κ1) is 13.1. The summed E-state index contributed by atoms with van der Waals surface area (Å²) in [6, 6.07) is 1.71. The van der Waals surface area contributed by atoms with Crippen LogP contribution in [0, 0.1) is 0 Å². The van der Waals surface area contributed by atoms with Crippen LogP contribution in [0.4, 0.5) is 5.69 Å². The highest BCUT2D eigenvalue weighted by Gasteiger charge is 2.16. The molecule has 0 bridgehead atoms. The second-order valence-corrected chi connectivity index (χ2v) is 6.16. The second-order valence-electron chi connectivity index (χ2n) is 3.70. The molecule has 2 rings (SSSR count). The molecule has 0 aliphatic rings. The minimum atomic E-state index is -3.55. The van der Waals surface area contributed by atoms with E-state index in [1.54, 1.807) is 16.1 Å². The quantitative estimate of drug-likeness (QED) is 0.832. The van der Waals surface area contributed by atoms with Crippen LogP contribution in [0.2, 0.25) is 0 Å². The number of hydrogen-bond donors (Lipinski definition) is 2. The van der Waals surface area contributed by atoms with Gasteiger partial charge in [0.15, 0.2) is 0 Å². The SMILES string of the molecule is NCCCn1cc(S(=O)(=O)Nc2ccsc2)cn1. The van der Waals surface area contributed by atoms with E-state index in [0.717, 1.165) is 6.42 Å². The van der Waals surface area contributed by atoms with E-state index < -0.39 is 10.0 Å². The van der Waals surface area contributed by atoms with Gasteiger partial charge >= 0.3 is 0 Å². The summed E-state index contributed by atoms with van der Waals surface area (Å²) in [6.45, 7) is 1.17. The molecule has 0 amide bonds. The summed E-state index contributed by atoms with van der Waals surface area (Å²) in [5.41, 5.74) is 5.95. The molecular formula is C10H14N4O2S2. The van der Waals surface area contributed by atoms with Crippen molar-refractivity contribution in [3.63, 3.8) is 0 Å². The summed E-state index contributed by atoms with van der Waals surface area (Å²) in [5.74, 6) is 0. The lowest BCUT2D eigenvalue weighted by atomic mass is 10.4. The van der Waals surface area contributed by atoms with Crippen molar-refractivity contribution in [3.8, 4) is 0 Å². The lowest BCUT2D eigenvalue weighted by molar-refractivity contribution is 0.582. The highest BCUT2D eigenvalue weighted by molar-refractivity contribution is 7.92. The van der Waals surface area contributed by atoms with Crippen LogP contribution in [0.1, 0.15) is 6.42 Å². The van der Waals surface area contributed by atoms with Crippen molar-refractivity contribution in [1.29, 1.82) is 0 Å². The van der Waals surface area contributed by atoms with Crippen LogP contribution in [-0.4, -0.2) is 24.7 Å². The summed E-state index contributed by atoms with van der Waals surface area (Å²) in [7, 11) is -3.55. The summed E-state index contributed by atoms with van der Waals surface area (Å²) in [6.07, 6.45) is 3.61. The van der Waals surface area contributed by atoms with Gasteiger partial charge in [-0.15, -0.1) is 0 Å². The van der Waals surface area contributed by atoms with Crippen LogP contribution in [0.15, 0.2) is 34.1 Å². The van der Waals surface area contributed by atoms with Gasteiger partial charge in [-0.2, -0.15) is 16.4 Å². The number of nitrogens with two attached hydrogens (primary N) is 1. The largest absolute Gasteiger partial charge is 0.330 e. The molecule has 6 nitrogen and oxygen atoms in total. The van der Waals surface area contributed by atoms with E-state index in [9.17, 15) is 8.42 Å². The van der Waals surface area contributed by atoms with Crippen LogP contribution in [0.5, 0.6) is 0 Å². The normalized spacial score (nSPS) is 11.6. The van der Waals surface area contributed by atoms with Crippen molar-refractivity contribution in [2.45, 2.75) is 17.9 Å². The van der Waals surface area contributed by atoms with E-state index in [2.05, 4.69) is 9.82 Å². The Morgan fingerprint density at radius 2 is 2.33 bits per heavy atom. The zero-order valence-corrected chi connectivity index (χ0v) is 11.2. The highest BCUT2D eigenvalue weighted by atomic mass is 32.2. The Balaban J connectivity index is 2.12. The van der Waals surface area contributed by atoms with Crippen molar-refractivity contribution in [2.24, 2.45) is 5.73 Å². The number of aryl methyl sites for hydroxylation is 1. The van der Waals surface area contributed by atoms with Crippen LogP contribution in [-0.2, 0) is 16.6 Å². The van der Waals surface area contributed by atoms with Crippen molar-refractivity contribution >= 4 is 27.0 Å². The van der Waals surface area contributed by atoms with Gasteiger partial charge in [-0.1, -0.05) is 0 Å². The van der Waals surface area contributed by atoms with E-state index in [-0.39, 0.29) is 4.90 Å². The molecule has 0 unspecified atom stereocenters. The molecule has 0 saturated carbocycles. The number of sulfonamides is 1. The Hall–Kier alpha value is -1.38. The zero-order chi connectivity index (χ0) is 13.0. The zero-order valence-electron chi connectivity index (χ0n) is 9.61. The molecule has 0 fully saturated rings. The predicted octanol–water partition coefficient (Wildman–Crippen LogP) is 1.09. The van der Waals surface area contributed by atoms with Crippen LogP contribution >= 0.6 is 11.3 Å². The van der Waals surface area contributed by atoms with Gasteiger partial charge in [0.05, 0.1) is 11.9 Å². The molecule has 0 aromatic carbocycles. The monoisotopic (exact) mass is 286 g/mol. The average molecular weight is 286 g/mol. The number of aromatic nitrogens is 2. The number of nitrogens with zero attached hydrogens (tertiary/aromatic N) is 2. The number of rotatable bonds is 6. The molecule has 0 atom stereocenters. The molecule has 0 aliphatic carbocycles. The van der Waals surface area contributed by atoms with E-state index in [0.29, 0.717) is 18.8 Å².